The first-order chi connectivity index (χ1) is 8.31. The van der Waals surface area contributed by atoms with E-state index in [1.54, 1.807) is 0 Å². The minimum atomic E-state index is -2.38. The van der Waals surface area contributed by atoms with Crippen LogP contribution in [-0.2, 0) is 9.59 Å². The summed E-state index contributed by atoms with van der Waals surface area (Å²) in [6, 6.07) is 0. The lowest BCUT2D eigenvalue weighted by Crippen LogP contribution is -2.40. The zero-order valence-electron chi connectivity index (χ0n) is 8.28. The van der Waals surface area contributed by atoms with Crippen molar-refractivity contribution in [3.05, 3.63) is 29.1 Å². The quantitative estimate of drug-likeness (QED) is 0.130. The zero-order valence-corrected chi connectivity index (χ0v) is 8.28. The summed E-state index contributed by atoms with van der Waals surface area (Å²) in [7, 11) is 0. The molecule has 2 amide bonds. The molecule has 98 valence electrons. The number of halogens is 5. The fraction of sp³-hybridized carbons (Fsp3) is 0. The predicted octanol–water partition coefficient (Wildman–Crippen LogP) is 0.310. The summed E-state index contributed by atoms with van der Waals surface area (Å²) >= 11 is 0. The fourth-order valence-electron chi connectivity index (χ4n) is 0.950. The summed E-state index contributed by atoms with van der Waals surface area (Å²) < 4.78 is 64.1. The average Bonchev–Trinajstić information content (AvgIpc) is 2.37. The maximum absolute atomic E-state index is 13.0. The minimum absolute atomic E-state index is 1.21. The number of nitrogens with two attached hydrogens (primary N) is 1. The Bertz CT molecular complexity index is 505. The Hall–Kier alpha value is -2.23. The van der Waals surface area contributed by atoms with Crippen molar-refractivity contribution in [1.29, 1.82) is 0 Å². The van der Waals surface area contributed by atoms with Crippen molar-refractivity contribution in [1.82, 2.24) is 5.43 Å². The average molecular weight is 269 g/mol. The summed E-state index contributed by atoms with van der Waals surface area (Å²) in [6.07, 6.45) is 0. The van der Waals surface area contributed by atoms with Gasteiger partial charge in [-0.15, -0.1) is 0 Å². The van der Waals surface area contributed by atoms with E-state index in [9.17, 15) is 31.5 Å². The molecular formula is C8H4F5N3O2. The third-order valence-electron chi connectivity index (χ3n) is 1.79. The van der Waals surface area contributed by atoms with Crippen LogP contribution in [-0.4, -0.2) is 11.8 Å². The normalized spacial score (nSPS) is 10.1. The highest BCUT2D eigenvalue weighted by Crippen LogP contribution is 2.26. The number of carbonyl (C=O) groups is 2. The van der Waals surface area contributed by atoms with Crippen molar-refractivity contribution in [2.75, 3.05) is 5.32 Å². The first-order valence-electron chi connectivity index (χ1n) is 4.14. The second kappa shape index (κ2) is 4.96. The Morgan fingerprint density at radius 3 is 1.56 bits per heavy atom. The number of carbonyl (C=O) groups excluding carboxylic acids is 2. The molecule has 0 saturated heterocycles. The summed E-state index contributed by atoms with van der Waals surface area (Å²) in [5.74, 6) is -10.1. The van der Waals surface area contributed by atoms with Crippen LogP contribution in [0.15, 0.2) is 0 Å². The molecule has 18 heavy (non-hydrogen) atoms. The van der Waals surface area contributed by atoms with E-state index in [-0.39, 0.29) is 0 Å². The van der Waals surface area contributed by atoms with Gasteiger partial charge in [0.25, 0.3) is 0 Å². The van der Waals surface area contributed by atoms with Crippen LogP contribution in [0.1, 0.15) is 0 Å². The molecule has 0 aliphatic rings. The maximum Gasteiger partial charge on any atom is 0.323 e. The number of anilines is 1. The van der Waals surface area contributed by atoms with Gasteiger partial charge in [0.15, 0.2) is 23.3 Å². The summed E-state index contributed by atoms with van der Waals surface area (Å²) in [5, 5.41) is 1.21. The van der Waals surface area contributed by atoms with Crippen LogP contribution in [0.25, 0.3) is 0 Å². The molecule has 0 spiro atoms. The zero-order chi connectivity index (χ0) is 14.0. The van der Waals surface area contributed by atoms with E-state index in [1.165, 1.54) is 10.7 Å². The van der Waals surface area contributed by atoms with Crippen molar-refractivity contribution < 1.29 is 31.5 Å². The van der Waals surface area contributed by atoms with E-state index in [0.717, 1.165) is 0 Å². The standard InChI is InChI=1S/C8H4F5N3O2/c9-1-2(10)4(12)6(5(13)3(1)11)15-7(17)8(18)16-14/h14H2,(H,15,17)(H,16,18). The molecule has 4 N–H and O–H groups in total. The lowest BCUT2D eigenvalue weighted by atomic mass is 10.2. The Labute approximate surface area is 95.7 Å². The van der Waals surface area contributed by atoms with Gasteiger partial charge in [-0.25, -0.2) is 27.8 Å². The summed E-state index contributed by atoms with van der Waals surface area (Å²) in [6.45, 7) is 0. The number of rotatable bonds is 1. The van der Waals surface area contributed by atoms with Gasteiger partial charge in [-0.1, -0.05) is 0 Å². The molecule has 0 atom stereocenters. The van der Waals surface area contributed by atoms with Crippen LogP contribution in [0.2, 0.25) is 0 Å². The summed E-state index contributed by atoms with van der Waals surface area (Å²) in [5.41, 5.74) is -0.332. The van der Waals surface area contributed by atoms with Gasteiger partial charge >= 0.3 is 11.8 Å². The molecule has 0 aliphatic heterocycles. The number of nitrogens with one attached hydrogen (secondary N) is 2. The Kier molecular flexibility index (Phi) is 3.81. The van der Waals surface area contributed by atoms with Gasteiger partial charge in [0.05, 0.1) is 0 Å². The lowest BCUT2D eigenvalue weighted by molar-refractivity contribution is -0.136. The topological polar surface area (TPSA) is 84.2 Å². The molecule has 1 aromatic rings. The maximum atomic E-state index is 13.0. The van der Waals surface area contributed by atoms with Crippen LogP contribution in [0.3, 0.4) is 0 Å². The van der Waals surface area contributed by atoms with Gasteiger partial charge < -0.3 is 5.32 Å². The third-order valence-corrected chi connectivity index (χ3v) is 1.79. The van der Waals surface area contributed by atoms with Crippen molar-refractivity contribution in [3.63, 3.8) is 0 Å². The van der Waals surface area contributed by atoms with Crippen molar-refractivity contribution in [3.8, 4) is 0 Å². The molecule has 0 saturated carbocycles. The van der Waals surface area contributed by atoms with Crippen LogP contribution in [0.5, 0.6) is 0 Å². The molecule has 0 fully saturated rings. The number of hydrogen-bond acceptors (Lipinski definition) is 3. The van der Waals surface area contributed by atoms with E-state index >= 15 is 0 Å². The highest BCUT2D eigenvalue weighted by molar-refractivity contribution is 6.39. The predicted molar refractivity (Wildman–Crippen MR) is 47.2 cm³/mol. The van der Waals surface area contributed by atoms with Crippen LogP contribution in [0.4, 0.5) is 27.6 Å². The fourth-order valence-corrected chi connectivity index (χ4v) is 0.950. The van der Waals surface area contributed by atoms with Gasteiger partial charge in [-0.05, 0) is 0 Å². The van der Waals surface area contributed by atoms with Gasteiger partial charge in [-0.2, -0.15) is 0 Å². The molecular weight excluding hydrogens is 265 g/mol. The Morgan fingerprint density at radius 2 is 1.17 bits per heavy atom. The third kappa shape index (κ3) is 2.22. The number of benzene rings is 1. The molecule has 0 unspecified atom stereocenters. The SMILES string of the molecule is NNC(=O)C(=O)Nc1c(F)c(F)c(F)c(F)c1F. The molecule has 0 heterocycles. The molecule has 0 aromatic heterocycles. The highest BCUT2D eigenvalue weighted by atomic mass is 19.2. The molecule has 0 bridgehead atoms. The van der Waals surface area contributed by atoms with Crippen molar-refractivity contribution in [2.45, 2.75) is 0 Å². The van der Waals surface area contributed by atoms with Crippen LogP contribution in [0, 0.1) is 29.1 Å². The molecule has 1 rings (SSSR count). The first-order valence-corrected chi connectivity index (χ1v) is 4.14. The van der Waals surface area contributed by atoms with E-state index in [4.69, 9.17) is 0 Å². The monoisotopic (exact) mass is 269 g/mol. The number of hydrogen-bond donors (Lipinski definition) is 3. The highest BCUT2D eigenvalue weighted by Gasteiger charge is 2.27. The van der Waals surface area contributed by atoms with Gasteiger partial charge in [-0.3, -0.25) is 15.0 Å². The smallest absolute Gasteiger partial charge is 0.313 e. The second-order valence-electron chi connectivity index (χ2n) is 2.87. The lowest BCUT2D eigenvalue weighted by Gasteiger charge is -2.08. The molecule has 0 aliphatic carbocycles. The van der Waals surface area contributed by atoms with Crippen molar-refractivity contribution in [2.24, 2.45) is 5.84 Å². The van der Waals surface area contributed by atoms with E-state index in [0.29, 0.717) is 0 Å². The number of amides is 2. The van der Waals surface area contributed by atoms with Crippen molar-refractivity contribution >= 4 is 17.5 Å². The van der Waals surface area contributed by atoms with E-state index in [2.05, 4.69) is 5.84 Å². The van der Waals surface area contributed by atoms with Gasteiger partial charge in [0, 0.05) is 0 Å². The minimum Gasteiger partial charge on any atom is -0.313 e. The Morgan fingerprint density at radius 1 is 0.778 bits per heavy atom. The Balaban J connectivity index is 3.26. The second-order valence-corrected chi connectivity index (χ2v) is 2.87. The molecule has 0 radical (unpaired) electrons. The summed E-state index contributed by atoms with van der Waals surface area (Å²) in [4.78, 5) is 21.5. The molecule has 1 aromatic carbocycles. The van der Waals surface area contributed by atoms with E-state index < -0.39 is 46.6 Å². The van der Waals surface area contributed by atoms with E-state index in [1.807, 2.05) is 0 Å². The largest absolute Gasteiger partial charge is 0.323 e. The molecule has 5 nitrogen and oxygen atoms in total. The van der Waals surface area contributed by atoms with Crippen LogP contribution >= 0.6 is 0 Å². The van der Waals surface area contributed by atoms with Gasteiger partial charge in [0.2, 0.25) is 5.82 Å². The number of hydrazine groups is 1. The first kappa shape index (κ1) is 13.8. The van der Waals surface area contributed by atoms with Gasteiger partial charge in [0.1, 0.15) is 5.69 Å². The molecule has 10 heteroatoms. The van der Waals surface area contributed by atoms with Crippen LogP contribution < -0.4 is 16.6 Å².